The van der Waals surface area contributed by atoms with Crippen molar-refractivity contribution in [1.82, 2.24) is 20.0 Å². The summed E-state index contributed by atoms with van der Waals surface area (Å²) in [5.41, 5.74) is -0.0919. The Morgan fingerprint density at radius 1 is 1.16 bits per heavy atom. The summed E-state index contributed by atoms with van der Waals surface area (Å²) >= 11 is 1.40. The van der Waals surface area contributed by atoms with Crippen LogP contribution in [0.4, 0.5) is 0 Å². The highest BCUT2D eigenvalue weighted by atomic mass is 32.1. The van der Waals surface area contributed by atoms with Gasteiger partial charge in [0.15, 0.2) is 0 Å². The van der Waals surface area contributed by atoms with Gasteiger partial charge >= 0.3 is 0 Å². The maximum Gasteiger partial charge on any atom is 0.264 e. The second-order valence-electron chi connectivity index (χ2n) is 10.2. The van der Waals surface area contributed by atoms with Crippen LogP contribution in [0.1, 0.15) is 56.1 Å². The normalized spacial score (nSPS) is 24.4. The van der Waals surface area contributed by atoms with Gasteiger partial charge in [0.05, 0.1) is 10.9 Å². The summed E-state index contributed by atoms with van der Waals surface area (Å²) in [6, 6.07) is 3.34. The van der Waals surface area contributed by atoms with E-state index in [4.69, 9.17) is 0 Å². The number of carbonyl (C=O) groups is 3. The van der Waals surface area contributed by atoms with Gasteiger partial charge in [0.1, 0.15) is 6.04 Å². The number of hydrogen-bond donors (Lipinski definition) is 1. The fourth-order valence-corrected chi connectivity index (χ4v) is 5.39. The lowest BCUT2D eigenvalue weighted by Crippen LogP contribution is -2.53. The standard InChI is InChI=1S/C23H34N4O3S/c1-23(2,3)14-20(28)27(16-6-7-16)17-13-18(21(29)25-10-8-24-9-11-25)26(15-17)22(30)19-5-4-12-31-19/h4-5,12,16-18,24H,6-11,13-15H2,1-3H3. The summed E-state index contributed by atoms with van der Waals surface area (Å²) in [5, 5.41) is 5.16. The summed E-state index contributed by atoms with van der Waals surface area (Å²) < 4.78 is 0. The number of likely N-dealkylation sites (tertiary alicyclic amines) is 1. The van der Waals surface area contributed by atoms with E-state index in [0.717, 1.165) is 25.9 Å². The summed E-state index contributed by atoms with van der Waals surface area (Å²) in [6.07, 6.45) is 3.05. The minimum absolute atomic E-state index is 0.0212. The molecular formula is C23H34N4O3S. The Labute approximate surface area is 188 Å². The first kappa shape index (κ1) is 22.3. The van der Waals surface area contributed by atoms with Crippen LogP contribution in [0.2, 0.25) is 0 Å². The monoisotopic (exact) mass is 446 g/mol. The number of rotatable bonds is 5. The van der Waals surface area contributed by atoms with Crippen molar-refractivity contribution in [3.8, 4) is 0 Å². The molecule has 170 valence electrons. The molecule has 1 N–H and O–H groups in total. The van der Waals surface area contributed by atoms with Crippen LogP contribution in [-0.4, -0.2) is 83.3 Å². The third kappa shape index (κ3) is 5.12. The van der Waals surface area contributed by atoms with Crippen molar-refractivity contribution in [2.75, 3.05) is 32.7 Å². The molecule has 3 aliphatic rings. The molecule has 31 heavy (non-hydrogen) atoms. The molecule has 7 nitrogen and oxygen atoms in total. The van der Waals surface area contributed by atoms with Crippen LogP contribution in [0.25, 0.3) is 0 Å². The predicted molar refractivity (Wildman–Crippen MR) is 121 cm³/mol. The molecule has 0 radical (unpaired) electrons. The van der Waals surface area contributed by atoms with Crippen molar-refractivity contribution in [3.63, 3.8) is 0 Å². The Hall–Kier alpha value is -1.93. The number of amides is 3. The first-order valence-electron chi connectivity index (χ1n) is 11.4. The topological polar surface area (TPSA) is 73.0 Å². The summed E-state index contributed by atoms with van der Waals surface area (Å²) in [6.45, 7) is 9.55. The van der Waals surface area contributed by atoms with Gasteiger partial charge in [-0.05, 0) is 36.1 Å². The highest BCUT2D eigenvalue weighted by molar-refractivity contribution is 7.12. The molecule has 1 aromatic rings. The van der Waals surface area contributed by atoms with Gasteiger partial charge in [-0.1, -0.05) is 26.8 Å². The summed E-state index contributed by atoms with van der Waals surface area (Å²) in [4.78, 5) is 46.3. The molecule has 3 amide bonds. The molecule has 2 atom stereocenters. The van der Waals surface area contributed by atoms with E-state index in [-0.39, 0.29) is 35.2 Å². The molecule has 1 aliphatic carbocycles. The van der Waals surface area contributed by atoms with Crippen molar-refractivity contribution >= 4 is 29.1 Å². The van der Waals surface area contributed by atoms with E-state index in [9.17, 15) is 14.4 Å². The summed E-state index contributed by atoms with van der Waals surface area (Å²) in [7, 11) is 0. The van der Waals surface area contributed by atoms with Crippen LogP contribution in [-0.2, 0) is 9.59 Å². The van der Waals surface area contributed by atoms with Crippen LogP contribution in [0, 0.1) is 5.41 Å². The molecule has 2 aliphatic heterocycles. The van der Waals surface area contributed by atoms with E-state index in [2.05, 4.69) is 26.1 Å². The Balaban J connectivity index is 1.57. The number of nitrogens with one attached hydrogen (secondary N) is 1. The lowest BCUT2D eigenvalue weighted by molar-refractivity contribution is -0.137. The number of piperazine rings is 1. The molecule has 0 aromatic carbocycles. The van der Waals surface area contributed by atoms with E-state index < -0.39 is 6.04 Å². The Bertz CT molecular complexity index is 809. The highest BCUT2D eigenvalue weighted by Crippen LogP contribution is 2.36. The Morgan fingerprint density at radius 3 is 2.45 bits per heavy atom. The lowest BCUT2D eigenvalue weighted by Gasteiger charge is -2.32. The van der Waals surface area contributed by atoms with Gasteiger partial charge in [0, 0.05) is 45.2 Å². The molecule has 0 spiro atoms. The molecule has 3 fully saturated rings. The molecule has 2 saturated heterocycles. The van der Waals surface area contributed by atoms with Crippen molar-refractivity contribution in [3.05, 3.63) is 22.4 Å². The van der Waals surface area contributed by atoms with E-state index in [1.807, 2.05) is 27.3 Å². The van der Waals surface area contributed by atoms with Gasteiger partial charge in [-0.3, -0.25) is 14.4 Å². The summed E-state index contributed by atoms with van der Waals surface area (Å²) in [5.74, 6) is 0.0803. The largest absolute Gasteiger partial charge is 0.338 e. The average molecular weight is 447 g/mol. The minimum Gasteiger partial charge on any atom is -0.338 e. The third-order valence-electron chi connectivity index (χ3n) is 6.29. The highest BCUT2D eigenvalue weighted by Gasteiger charge is 2.48. The van der Waals surface area contributed by atoms with Crippen molar-refractivity contribution in [2.24, 2.45) is 5.41 Å². The SMILES string of the molecule is CC(C)(C)CC(=O)N(C1CC1)C1CC(C(=O)N2CCNCC2)N(C(=O)c2cccs2)C1. The van der Waals surface area contributed by atoms with Crippen LogP contribution < -0.4 is 5.32 Å². The van der Waals surface area contributed by atoms with Crippen LogP contribution in [0.3, 0.4) is 0 Å². The second kappa shape index (κ2) is 8.90. The van der Waals surface area contributed by atoms with Gasteiger partial charge in [0.25, 0.3) is 5.91 Å². The zero-order chi connectivity index (χ0) is 22.2. The van der Waals surface area contributed by atoms with Gasteiger partial charge in [-0.15, -0.1) is 11.3 Å². The third-order valence-corrected chi connectivity index (χ3v) is 7.15. The second-order valence-corrected chi connectivity index (χ2v) is 11.1. The number of carbonyl (C=O) groups excluding carboxylic acids is 3. The number of hydrogen-bond acceptors (Lipinski definition) is 5. The fraction of sp³-hybridized carbons (Fsp3) is 0.696. The predicted octanol–water partition coefficient (Wildman–Crippen LogP) is 2.19. The van der Waals surface area contributed by atoms with Gasteiger partial charge in [-0.25, -0.2) is 0 Å². The smallest absolute Gasteiger partial charge is 0.264 e. The quantitative estimate of drug-likeness (QED) is 0.753. The minimum atomic E-state index is -0.499. The molecule has 1 saturated carbocycles. The van der Waals surface area contributed by atoms with Gasteiger partial charge in [0.2, 0.25) is 11.8 Å². The lowest BCUT2D eigenvalue weighted by atomic mass is 9.91. The fourth-order valence-electron chi connectivity index (χ4n) is 4.71. The van der Waals surface area contributed by atoms with E-state index >= 15 is 0 Å². The van der Waals surface area contributed by atoms with Gasteiger partial charge in [-0.2, -0.15) is 0 Å². The molecule has 2 unspecified atom stereocenters. The Kier molecular flexibility index (Phi) is 6.40. The first-order valence-corrected chi connectivity index (χ1v) is 12.3. The number of nitrogens with zero attached hydrogens (tertiary/aromatic N) is 3. The number of thiophene rings is 1. The van der Waals surface area contributed by atoms with Crippen molar-refractivity contribution in [1.29, 1.82) is 0 Å². The molecule has 0 bridgehead atoms. The molecule has 1 aromatic heterocycles. The maximum atomic E-state index is 13.4. The Morgan fingerprint density at radius 2 is 1.87 bits per heavy atom. The van der Waals surface area contributed by atoms with Crippen LogP contribution >= 0.6 is 11.3 Å². The van der Waals surface area contributed by atoms with E-state index in [1.54, 1.807) is 4.90 Å². The van der Waals surface area contributed by atoms with Gasteiger partial charge < -0.3 is 20.0 Å². The van der Waals surface area contributed by atoms with Crippen LogP contribution in [0.15, 0.2) is 17.5 Å². The molecule has 3 heterocycles. The van der Waals surface area contributed by atoms with Crippen molar-refractivity contribution < 1.29 is 14.4 Å². The zero-order valence-electron chi connectivity index (χ0n) is 18.8. The van der Waals surface area contributed by atoms with E-state index in [1.165, 1.54) is 11.3 Å². The van der Waals surface area contributed by atoms with E-state index in [0.29, 0.717) is 37.4 Å². The zero-order valence-corrected chi connectivity index (χ0v) is 19.6. The molecular weight excluding hydrogens is 412 g/mol. The first-order chi connectivity index (χ1) is 14.7. The maximum absolute atomic E-state index is 13.4. The van der Waals surface area contributed by atoms with Crippen LogP contribution in [0.5, 0.6) is 0 Å². The molecule has 4 rings (SSSR count). The van der Waals surface area contributed by atoms with Crippen molar-refractivity contribution in [2.45, 2.75) is 64.6 Å². The average Bonchev–Trinajstić information content (AvgIpc) is 3.22. The molecule has 8 heteroatoms.